The van der Waals surface area contributed by atoms with Gasteiger partial charge in [0, 0.05) is 45.1 Å². The molecule has 1 fully saturated rings. The lowest BCUT2D eigenvalue weighted by Crippen LogP contribution is -2.37. The Morgan fingerprint density at radius 3 is 2.41 bits per heavy atom. The topological polar surface area (TPSA) is 83.4 Å². The number of halogens is 1. The van der Waals surface area contributed by atoms with E-state index in [1.165, 1.54) is 28.1 Å². The Bertz CT molecular complexity index is 955. The lowest BCUT2D eigenvalue weighted by molar-refractivity contribution is 0.457. The fourth-order valence-corrected chi connectivity index (χ4v) is 3.17. The summed E-state index contributed by atoms with van der Waals surface area (Å²) in [5.41, 5.74) is 1.67. The van der Waals surface area contributed by atoms with Crippen molar-refractivity contribution in [1.82, 2.24) is 13.6 Å². The molecule has 1 aliphatic rings. The number of pyridine rings is 1. The number of nitrogens with one attached hydrogen (secondary N) is 2. The van der Waals surface area contributed by atoms with Gasteiger partial charge < -0.3 is 9.88 Å². The predicted molar refractivity (Wildman–Crippen MR) is 105 cm³/mol. The fraction of sp³-hybridized carbons (Fsp3) is 0.389. The van der Waals surface area contributed by atoms with Crippen molar-refractivity contribution in [1.29, 1.82) is 0 Å². The van der Waals surface area contributed by atoms with Crippen LogP contribution in [0.25, 0.3) is 0 Å². The van der Waals surface area contributed by atoms with Crippen molar-refractivity contribution in [3.05, 3.63) is 58.3 Å². The first-order valence-electron chi connectivity index (χ1n) is 8.50. The largest absolute Gasteiger partial charge is 0.353 e. The first-order chi connectivity index (χ1) is 12.6. The van der Waals surface area contributed by atoms with E-state index in [9.17, 15) is 17.6 Å². The van der Waals surface area contributed by atoms with Gasteiger partial charge >= 0.3 is 0 Å². The van der Waals surface area contributed by atoms with Crippen LogP contribution in [0, 0.1) is 12.7 Å². The molecule has 2 N–H and O–H groups in total. The summed E-state index contributed by atoms with van der Waals surface area (Å²) in [7, 11) is 1.54. The molecule has 0 atom stereocenters. The van der Waals surface area contributed by atoms with E-state index in [2.05, 4.69) is 10.0 Å². The summed E-state index contributed by atoms with van der Waals surface area (Å²) in [5.74, 6) is -0.328. The Morgan fingerprint density at radius 2 is 1.89 bits per heavy atom. The number of hydrogen-bond acceptors (Lipinski definition) is 4. The van der Waals surface area contributed by atoms with Crippen molar-refractivity contribution in [2.45, 2.75) is 25.8 Å². The third kappa shape index (κ3) is 5.88. The lowest BCUT2D eigenvalue weighted by Gasteiger charge is -2.14. The molecule has 0 bridgehead atoms. The Kier molecular flexibility index (Phi) is 6.74. The van der Waals surface area contributed by atoms with Crippen LogP contribution in [0.3, 0.4) is 0 Å². The van der Waals surface area contributed by atoms with E-state index in [0.717, 1.165) is 18.4 Å². The van der Waals surface area contributed by atoms with Crippen LogP contribution in [-0.4, -0.2) is 37.4 Å². The SMILES string of the molecule is CNS(=O)(=O)N(C)C1CC1.Cc1ccc(Nc2ccn(C)c(=O)c2)c(F)c1. The van der Waals surface area contributed by atoms with Crippen molar-refractivity contribution < 1.29 is 12.8 Å². The third-order valence-corrected chi connectivity index (χ3v) is 5.78. The number of nitrogens with zero attached hydrogens (tertiary/aromatic N) is 2. The Labute approximate surface area is 159 Å². The minimum absolute atomic E-state index is 0.137. The second kappa shape index (κ2) is 8.64. The Balaban J connectivity index is 0.000000223. The zero-order valence-electron chi connectivity index (χ0n) is 15.9. The first-order valence-corrected chi connectivity index (χ1v) is 9.94. The fourth-order valence-electron chi connectivity index (χ4n) is 2.28. The summed E-state index contributed by atoms with van der Waals surface area (Å²) in [6.07, 6.45) is 3.63. The average molecular weight is 396 g/mol. The Morgan fingerprint density at radius 1 is 1.22 bits per heavy atom. The van der Waals surface area contributed by atoms with E-state index in [4.69, 9.17) is 0 Å². The molecule has 148 valence electrons. The van der Waals surface area contributed by atoms with Gasteiger partial charge in [-0.1, -0.05) is 6.07 Å². The van der Waals surface area contributed by atoms with Crippen LogP contribution in [-0.2, 0) is 17.3 Å². The molecule has 3 rings (SSSR count). The molecule has 1 aliphatic carbocycles. The number of aromatic nitrogens is 1. The minimum atomic E-state index is -3.15. The molecule has 9 heteroatoms. The number of hydrogen-bond donors (Lipinski definition) is 2. The molecule has 0 radical (unpaired) electrons. The molecule has 0 spiro atoms. The van der Waals surface area contributed by atoms with Gasteiger partial charge in [0.2, 0.25) is 0 Å². The molecule has 1 aromatic heterocycles. The summed E-state index contributed by atoms with van der Waals surface area (Å²) in [5, 5.41) is 2.88. The van der Waals surface area contributed by atoms with E-state index < -0.39 is 10.2 Å². The summed E-state index contributed by atoms with van der Waals surface area (Å²) in [4.78, 5) is 11.4. The molecule has 1 heterocycles. The van der Waals surface area contributed by atoms with Crippen LogP contribution in [0.4, 0.5) is 15.8 Å². The molecule has 0 amide bonds. The maximum Gasteiger partial charge on any atom is 0.279 e. The maximum atomic E-state index is 13.6. The highest BCUT2D eigenvalue weighted by molar-refractivity contribution is 7.87. The molecule has 1 aromatic carbocycles. The second-order valence-corrected chi connectivity index (χ2v) is 8.36. The molecule has 2 aromatic rings. The first kappa shape index (κ1) is 21.1. The van der Waals surface area contributed by atoms with Crippen LogP contribution in [0.15, 0.2) is 41.3 Å². The molecule has 0 unspecified atom stereocenters. The van der Waals surface area contributed by atoms with E-state index >= 15 is 0 Å². The maximum absolute atomic E-state index is 13.6. The molecule has 0 saturated heterocycles. The Hall–Kier alpha value is -2.23. The van der Waals surface area contributed by atoms with Gasteiger partial charge in [0.25, 0.3) is 15.8 Å². The van der Waals surface area contributed by atoms with Crippen molar-refractivity contribution in [2.24, 2.45) is 7.05 Å². The smallest absolute Gasteiger partial charge is 0.279 e. The third-order valence-electron chi connectivity index (χ3n) is 4.21. The standard InChI is InChI=1S/C13H13FN2O.C5H12N2O2S/c1-9-3-4-12(11(14)7-9)15-10-5-6-16(2)13(17)8-10;1-6-10(8,9)7(2)5-3-4-5/h3-8,15H,1-2H3;5-6H,3-4H2,1-2H3. The van der Waals surface area contributed by atoms with E-state index in [0.29, 0.717) is 11.4 Å². The predicted octanol–water partition coefficient (Wildman–Crippen LogP) is 2.12. The monoisotopic (exact) mass is 396 g/mol. The normalized spacial score (nSPS) is 13.9. The van der Waals surface area contributed by atoms with Crippen molar-refractivity contribution in [2.75, 3.05) is 19.4 Å². The highest BCUT2D eigenvalue weighted by Crippen LogP contribution is 2.26. The highest BCUT2D eigenvalue weighted by Gasteiger charge is 2.33. The molecule has 1 saturated carbocycles. The zero-order chi connectivity index (χ0) is 20.2. The van der Waals surface area contributed by atoms with Gasteiger partial charge in [0.15, 0.2) is 0 Å². The summed E-state index contributed by atoms with van der Waals surface area (Å²) < 4.78 is 40.7. The summed E-state index contributed by atoms with van der Waals surface area (Å²) in [6, 6.07) is 8.32. The number of benzene rings is 1. The molecular formula is C18H25FN4O3S. The van der Waals surface area contributed by atoms with Gasteiger partial charge in [-0.25, -0.2) is 9.11 Å². The molecular weight excluding hydrogens is 371 g/mol. The van der Waals surface area contributed by atoms with E-state index in [-0.39, 0.29) is 17.4 Å². The van der Waals surface area contributed by atoms with Gasteiger partial charge in [0.1, 0.15) is 5.82 Å². The zero-order valence-corrected chi connectivity index (χ0v) is 16.7. The molecule has 0 aliphatic heterocycles. The van der Waals surface area contributed by atoms with Crippen molar-refractivity contribution >= 4 is 21.6 Å². The van der Waals surface area contributed by atoms with E-state index in [1.54, 1.807) is 32.4 Å². The number of aryl methyl sites for hydroxylation is 2. The van der Waals surface area contributed by atoms with Crippen LogP contribution < -0.4 is 15.6 Å². The lowest BCUT2D eigenvalue weighted by atomic mass is 10.2. The van der Waals surface area contributed by atoms with Crippen molar-refractivity contribution in [3.8, 4) is 0 Å². The van der Waals surface area contributed by atoms with Crippen LogP contribution >= 0.6 is 0 Å². The number of anilines is 2. The molecule has 27 heavy (non-hydrogen) atoms. The molecule has 7 nitrogen and oxygen atoms in total. The van der Waals surface area contributed by atoms with E-state index in [1.807, 2.05) is 13.0 Å². The van der Waals surface area contributed by atoms with Crippen LogP contribution in [0.1, 0.15) is 18.4 Å². The average Bonchev–Trinajstić information content (AvgIpc) is 3.45. The quantitative estimate of drug-likeness (QED) is 0.811. The van der Waals surface area contributed by atoms with Gasteiger partial charge in [-0.2, -0.15) is 12.7 Å². The van der Waals surface area contributed by atoms with Crippen LogP contribution in [0.5, 0.6) is 0 Å². The highest BCUT2D eigenvalue weighted by atomic mass is 32.2. The van der Waals surface area contributed by atoms with Crippen molar-refractivity contribution in [3.63, 3.8) is 0 Å². The summed E-state index contributed by atoms with van der Waals surface area (Å²) >= 11 is 0. The summed E-state index contributed by atoms with van der Waals surface area (Å²) in [6.45, 7) is 1.82. The second-order valence-electron chi connectivity index (χ2n) is 6.43. The van der Waals surface area contributed by atoms with Gasteiger partial charge in [0.05, 0.1) is 5.69 Å². The van der Waals surface area contributed by atoms with Gasteiger partial charge in [-0.15, -0.1) is 0 Å². The van der Waals surface area contributed by atoms with Gasteiger partial charge in [-0.3, -0.25) is 4.79 Å². The van der Waals surface area contributed by atoms with Crippen LogP contribution in [0.2, 0.25) is 0 Å². The minimum Gasteiger partial charge on any atom is -0.353 e. The van der Waals surface area contributed by atoms with Gasteiger partial charge in [-0.05, 0) is 43.5 Å². The number of rotatable bonds is 5.